The third-order valence-electron chi connectivity index (χ3n) is 3.68. The zero-order chi connectivity index (χ0) is 22.6. The number of Topliss-reactive ketones (excluding diaryl/α,β-unsaturated/α-hetero) is 1. The minimum Gasteiger partial charge on any atom is -0.495 e. The lowest BCUT2D eigenvalue weighted by Crippen LogP contribution is -2.15. The number of hydrogen-bond acceptors (Lipinski definition) is 6. The molecule has 0 radical (unpaired) electrons. The molecule has 0 aliphatic carbocycles. The number of nitrogens with zero attached hydrogens (tertiary/aromatic N) is 1. The Morgan fingerprint density at radius 1 is 1.17 bits per heavy atom. The van der Waals surface area contributed by atoms with Crippen LogP contribution in [0.1, 0.15) is 43.6 Å². The van der Waals surface area contributed by atoms with Crippen molar-refractivity contribution >= 4 is 35.5 Å². The van der Waals surface area contributed by atoms with Crippen molar-refractivity contribution < 1.29 is 23.9 Å². The zero-order valence-electron chi connectivity index (χ0n) is 18.1. The molecule has 0 amide bonds. The van der Waals surface area contributed by atoms with Gasteiger partial charge in [0.25, 0.3) is 0 Å². The van der Waals surface area contributed by atoms with Crippen LogP contribution in [0.4, 0.5) is 0 Å². The van der Waals surface area contributed by atoms with E-state index in [-0.39, 0.29) is 17.9 Å². The number of likely N-dealkylation sites (N-methyl/N-ethyl adjacent to an activating group) is 1. The molecule has 0 aliphatic rings. The van der Waals surface area contributed by atoms with E-state index in [1.54, 1.807) is 43.5 Å². The standard InChI is InChI=1S/C17H18ClNO4.C5H12O/c1-12(22)14-5-4-13(18)10-16(14)15(6-8-20)17(23-3)11-19(2)7-9-21;1-5(2,3)6-4/h4-6,8-11H,7H2,1-3H3;1-4H3/b15-6-,17-11+;. The molecule has 1 rings (SSSR count). The molecule has 0 spiro atoms. The first-order chi connectivity index (χ1) is 13.5. The lowest BCUT2D eigenvalue weighted by molar-refractivity contribution is -0.108. The van der Waals surface area contributed by atoms with Crippen LogP contribution in [0, 0.1) is 0 Å². The second kappa shape index (κ2) is 12.9. The highest BCUT2D eigenvalue weighted by atomic mass is 35.5. The molecule has 0 bridgehead atoms. The molecule has 7 heteroatoms. The molecule has 6 nitrogen and oxygen atoms in total. The molecule has 0 unspecified atom stereocenters. The van der Waals surface area contributed by atoms with Gasteiger partial charge in [-0.1, -0.05) is 11.6 Å². The molecule has 0 saturated carbocycles. The van der Waals surface area contributed by atoms with Crippen LogP contribution in [0.5, 0.6) is 0 Å². The van der Waals surface area contributed by atoms with E-state index < -0.39 is 0 Å². The largest absolute Gasteiger partial charge is 0.495 e. The van der Waals surface area contributed by atoms with E-state index >= 15 is 0 Å². The maximum atomic E-state index is 11.8. The highest BCUT2D eigenvalue weighted by molar-refractivity contribution is 6.31. The lowest BCUT2D eigenvalue weighted by atomic mass is 9.96. The van der Waals surface area contributed by atoms with Crippen molar-refractivity contribution in [3.63, 3.8) is 0 Å². The summed E-state index contributed by atoms with van der Waals surface area (Å²) in [6.45, 7) is 7.66. The predicted octanol–water partition coefficient (Wildman–Crippen LogP) is 4.17. The average Bonchev–Trinajstić information content (AvgIpc) is 2.64. The van der Waals surface area contributed by atoms with Gasteiger partial charge >= 0.3 is 0 Å². The first-order valence-electron chi connectivity index (χ1n) is 8.92. The number of allylic oxidation sites excluding steroid dienone is 2. The number of methoxy groups -OCH3 is 2. The number of ketones is 1. The molecule has 0 N–H and O–H groups in total. The number of hydrogen-bond donors (Lipinski definition) is 0. The summed E-state index contributed by atoms with van der Waals surface area (Å²) in [6.07, 6.45) is 4.22. The molecular formula is C22H30ClNO5. The molecule has 1 aromatic carbocycles. The fourth-order valence-electron chi connectivity index (χ4n) is 2.02. The summed E-state index contributed by atoms with van der Waals surface area (Å²) >= 11 is 6.03. The Morgan fingerprint density at radius 3 is 2.17 bits per heavy atom. The summed E-state index contributed by atoms with van der Waals surface area (Å²) in [7, 11) is 4.84. The second-order valence-corrected chi connectivity index (χ2v) is 7.52. The van der Waals surface area contributed by atoms with E-state index in [0.29, 0.717) is 33.8 Å². The molecule has 0 fully saturated rings. The molecule has 0 aliphatic heterocycles. The van der Waals surface area contributed by atoms with Crippen molar-refractivity contribution in [2.24, 2.45) is 0 Å². The van der Waals surface area contributed by atoms with E-state index in [0.717, 1.165) is 6.29 Å². The summed E-state index contributed by atoms with van der Waals surface area (Å²) in [5.74, 6) is 0.177. The van der Waals surface area contributed by atoms with Crippen LogP contribution in [0.3, 0.4) is 0 Å². The number of aldehydes is 2. The van der Waals surface area contributed by atoms with Gasteiger partial charge in [0.1, 0.15) is 18.3 Å². The summed E-state index contributed by atoms with van der Waals surface area (Å²) in [4.78, 5) is 35.1. The Hall–Kier alpha value is -2.44. The maximum absolute atomic E-state index is 11.8. The summed E-state index contributed by atoms with van der Waals surface area (Å²) in [6, 6.07) is 4.80. The Labute approximate surface area is 178 Å². The minimum absolute atomic E-state index is 0.0417. The first kappa shape index (κ1) is 26.6. The van der Waals surface area contributed by atoms with Gasteiger partial charge in [0.15, 0.2) is 5.78 Å². The van der Waals surface area contributed by atoms with Gasteiger partial charge in [-0.05, 0) is 57.5 Å². The number of halogens is 1. The van der Waals surface area contributed by atoms with Crippen LogP contribution in [0.2, 0.25) is 5.02 Å². The Kier molecular flexibility index (Phi) is 11.8. The van der Waals surface area contributed by atoms with Crippen LogP contribution in [0.15, 0.2) is 36.2 Å². The van der Waals surface area contributed by atoms with Crippen molar-refractivity contribution in [3.05, 3.63) is 52.4 Å². The van der Waals surface area contributed by atoms with Gasteiger partial charge in [-0.2, -0.15) is 0 Å². The lowest BCUT2D eigenvalue weighted by Gasteiger charge is -2.17. The van der Waals surface area contributed by atoms with E-state index in [2.05, 4.69) is 0 Å². The number of ether oxygens (including phenoxy) is 2. The molecule has 0 aromatic heterocycles. The fraction of sp³-hybridized carbons (Fsp3) is 0.409. The fourth-order valence-corrected chi connectivity index (χ4v) is 2.19. The molecular weight excluding hydrogens is 394 g/mol. The van der Waals surface area contributed by atoms with Crippen LogP contribution < -0.4 is 0 Å². The minimum atomic E-state index is -0.162. The Balaban J connectivity index is 0.00000113. The van der Waals surface area contributed by atoms with Gasteiger partial charge in [-0.15, -0.1) is 0 Å². The van der Waals surface area contributed by atoms with Crippen LogP contribution in [-0.2, 0) is 19.1 Å². The average molecular weight is 424 g/mol. The Bertz CT molecular complexity index is 763. The molecule has 0 atom stereocenters. The van der Waals surface area contributed by atoms with E-state index in [4.69, 9.17) is 21.1 Å². The molecule has 0 heterocycles. The van der Waals surface area contributed by atoms with E-state index in [9.17, 15) is 14.4 Å². The van der Waals surface area contributed by atoms with Gasteiger partial charge in [0, 0.05) is 36.5 Å². The maximum Gasteiger partial charge on any atom is 0.160 e. The number of carbonyl (C=O) groups excluding carboxylic acids is 3. The monoisotopic (exact) mass is 423 g/mol. The zero-order valence-corrected chi connectivity index (χ0v) is 18.9. The van der Waals surface area contributed by atoms with Crippen molar-refractivity contribution in [2.45, 2.75) is 33.3 Å². The van der Waals surface area contributed by atoms with Gasteiger partial charge in [-0.3, -0.25) is 9.59 Å². The van der Waals surface area contributed by atoms with E-state index in [1.807, 2.05) is 20.8 Å². The van der Waals surface area contributed by atoms with E-state index in [1.165, 1.54) is 20.1 Å². The molecule has 160 valence electrons. The summed E-state index contributed by atoms with van der Waals surface area (Å²) < 4.78 is 10.3. The van der Waals surface area contributed by atoms with Crippen molar-refractivity contribution in [2.75, 3.05) is 27.8 Å². The van der Waals surface area contributed by atoms with Crippen LogP contribution in [-0.4, -0.2) is 56.7 Å². The molecule has 1 aromatic rings. The summed E-state index contributed by atoms with van der Waals surface area (Å²) in [5, 5.41) is 0.429. The number of carbonyl (C=O) groups is 3. The third-order valence-corrected chi connectivity index (χ3v) is 3.92. The van der Waals surface area contributed by atoms with Crippen molar-refractivity contribution in [3.8, 4) is 0 Å². The molecule has 29 heavy (non-hydrogen) atoms. The SMILES string of the molecule is COC(=C/N(C)CC=O)/C(=C\C=O)c1cc(Cl)ccc1C(C)=O.COC(C)(C)C. The van der Waals surface area contributed by atoms with Gasteiger partial charge < -0.3 is 19.2 Å². The van der Waals surface area contributed by atoms with Crippen molar-refractivity contribution in [1.29, 1.82) is 0 Å². The molecule has 0 saturated heterocycles. The topological polar surface area (TPSA) is 72.9 Å². The number of benzene rings is 1. The number of rotatable bonds is 8. The highest BCUT2D eigenvalue weighted by Gasteiger charge is 2.17. The normalized spacial score (nSPS) is 11.9. The third kappa shape index (κ3) is 10.1. The second-order valence-electron chi connectivity index (χ2n) is 7.08. The Morgan fingerprint density at radius 2 is 1.76 bits per heavy atom. The predicted molar refractivity (Wildman–Crippen MR) is 116 cm³/mol. The van der Waals surface area contributed by atoms with Crippen LogP contribution >= 0.6 is 11.6 Å². The van der Waals surface area contributed by atoms with Crippen molar-refractivity contribution in [1.82, 2.24) is 4.90 Å². The highest BCUT2D eigenvalue weighted by Crippen LogP contribution is 2.29. The van der Waals surface area contributed by atoms with Gasteiger partial charge in [-0.25, -0.2) is 0 Å². The summed E-state index contributed by atoms with van der Waals surface area (Å²) in [5.41, 5.74) is 1.36. The van der Waals surface area contributed by atoms with Gasteiger partial charge in [0.2, 0.25) is 0 Å². The quantitative estimate of drug-likeness (QED) is 0.205. The van der Waals surface area contributed by atoms with Gasteiger partial charge in [0.05, 0.1) is 19.3 Å². The van der Waals surface area contributed by atoms with Crippen LogP contribution in [0.25, 0.3) is 5.57 Å². The smallest absolute Gasteiger partial charge is 0.160 e. The first-order valence-corrected chi connectivity index (χ1v) is 9.30.